The van der Waals surface area contributed by atoms with E-state index in [0.717, 1.165) is 21.2 Å². The number of carbonyl (C=O) groups is 2. The molecule has 1 saturated heterocycles. The van der Waals surface area contributed by atoms with Crippen LogP contribution in [-0.4, -0.2) is 47.4 Å². The number of nitrogens with one attached hydrogen (secondary N) is 1. The second kappa shape index (κ2) is 8.37. The molecule has 32 heavy (non-hydrogen) atoms. The van der Waals surface area contributed by atoms with Gasteiger partial charge in [-0.3, -0.25) is 9.59 Å². The van der Waals surface area contributed by atoms with Crippen LogP contribution in [0.2, 0.25) is 0 Å². The fraction of sp³-hybridized carbons (Fsp3) is 0.292. The van der Waals surface area contributed by atoms with E-state index in [4.69, 9.17) is 9.15 Å². The van der Waals surface area contributed by atoms with E-state index in [-0.39, 0.29) is 17.9 Å². The molecule has 1 fully saturated rings. The summed E-state index contributed by atoms with van der Waals surface area (Å²) in [5, 5.41) is 4.74. The molecule has 0 bridgehead atoms. The first-order valence-corrected chi connectivity index (χ1v) is 11.4. The number of rotatable bonds is 4. The third kappa shape index (κ3) is 3.76. The minimum atomic E-state index is -0.428. The lowest BCUT2D eigenvalue weighted by Crippen LogP contribution is -2.42. The van der Waals surface area contributed by atoms with Crippen molar-refractivity contribution in [2.45, 2.75) is 26.0 Å². The molecule has 5 rings (SSSR count). The Kier molecular flexibility index (Phi) is 5.40. The maximum absolute atomic E-state index is 13.2. The van der Waals surface area contributed by atoms with Crippen molar-refractivity contribution in [2.75, 3.05) is 19.7 Å². The number of hydrogen-bond donors (Lipinski definition) is 1. The van der Waals surface area contributed by atoms with Crippen LogP contribution >= 0.6 is 11.3 Å². The Balaban J connectivity index is 1.47. The van der Waals surface area contributed by atoms with Crippen LogP contribution < -0.4 is 5.32 Å². The third-order valence-corrected chi connectivity index (χ3v) is 6.57. The zero-order valence-corrected chi connectivity index (χ0v) is 18.6. The zero-order valence-electron chi connectivity index (χ0n) is 17.8. The summed E-state index contributed by atoms with van der Waals surface area (Å²) in [6, 6.07) is 13.1. The maximum Gasteiger partial charge on any atom is 0.289 e. The summed E-state index contributed by atoms with van der Waals surface area (Å²) in [4.78, 5) is 33.7. The Bertz CT molecular complexity index is 1280. The van der Waals surface area contributed by atoms with Crippen LogP contribution in [0, 0.1) is 0 Å². The SMILES string of the molecule is CC(C)NC(=O)c1sc2ncccc2c1[C@@H]1CN(C(=O)c2cc3ccccc3o2)CCO1. The lowest BCUT2D eigenvalue weighted by molar-refractivity contribution is -0.0231. The summed E-state index contributed by atoms with van der Waals surface area (Å²) in [5.74, 6) is -0.0239. The molecule has 164 valence electrons. The molecule has 7 nitrogen and oxygen atoms in total. The summed E-state index contributed by atoms with van der Waals surface area (Å²) < 4.78 is 11.9. The lowest BCUT2D eigenvalue weighted by Gasteiger charge is -2.33. The van der Waals surface area contributed by atoms with Crippen molar-refractivity contribution in [1.29, 1.82) is 0 Å². The Morgan fingerprint density at radius 3 is 2.88 bits per heavy atom. The van der Waals surface area contributed by atoms with Gasteiger partial charge in [0.25, 0.3) is 11.8 Å². The Labute approximate surface area is 189 Å². The first-order chi connectivity index (χ1) is 15.5. The van der Waals surface area contributed by atoms with E-state index in [1.165, 1.54) is 11.3 Å². The molecule has 0 spiro atoms. The molecule has 0 saturated carbocycles. The number of hydrogen-bond acceptors (Lipinski definition) is 6. The monoisotopic (exact) mass is 449 g/mol. The van der Waals surface area contributed by atoms with Crippen LogP contribution in [0.4, 0.5) is 0 Å². The summed E-state index contributed by atoms with van der Waals surface area (Å²) in [6.07, 6.45) is 1.29. The second-order valence-electron chi connectivity index (χ2n) is 8.09. The summed E-state index contributed by atoms with van der Waals surface area (Å²) in [7, 11) is 0. The van der Waals surface area contributed by atoms with Crippen LogP contribution in [0.25, 0.3) is 21.2 Å². The summed E-state index contributed by atoms with van der Waals surface area (Å²) in [6.45, 7) is 5.01. The van der Waals surface area contributed by atoms with Gasteiger partial charge >= 0.3 is 0 Å². The number of ether oxygens (including phenoxy) is 1. The van der Waals surface area contributed by atoms with Crippen LogP contribution in [0.5, 0.6) is 0 Å². The number of para-hydroxylation sites is 1. The molecule has 1 aliphatic rings. The standard InChI is InChI=1S/C24H23N3O4S/c1-14(2)26-22(28)21-20(16-7-5-9-25-23(16)32-21)19-13-27(10-11-30-19)24(29)18-12-15-6-3-4-8-17(15)31-18/h3-9,12,14,19H,10-11,13H2,1-2H3,(H,26,28)/t19-/m0/s1. The fourth-order valence-electron chi connectivity index (χ4n) is 4.02. The molecular weight excluding hydrogens is 426 g/mol. The minimum absolute atomic E-state index is 0.00644. The van der Waals surface area contributed by atoms with Crippen molar-refractivity contribution < 1.29 is 18.7 Å². The Hall–Kier alpha value is -3.23. The Morgan fingerprint density at radius 2 is 2.06 bits per heavy atom. The van der Waals surface area contributed by atoms with E-state index in [1.807, 2.05) is 50.2 Å². The van der Waals surface area contributed by atoms with Gasteiger partial charge in [-0.15, -0.1) is 11.3 Å². The van der Waals surface area contributed by atoms with Gasteiger partial charge in [0.2, 0.25) is 0 Å². The summed E-state index contributed by atoms with van der Waals surface area (Å²) >= 11 is 1.35. The van der Waals surface area contributed by atoms with Crippen molar-refractivity contribution in [1.82, 2.24) is 15.2 Å². The molecule has 0 radical (unpaired) electrons. The summed E-state index contributed by atoms with van der Waals surface area (Å²) in [5.41, 5.74) is 1.47. The number of aromatic nitrogens is 1. The van der Waals surface area contributed by atoms with Gasteiger partial charge in [-0.1, -0.05) is 24.3 Å². The van der Waals surface area contributed by atoms with Crippen LogP contribution in [-0.2, 0) is 4.74 Å². The predicted octanol–water partition coefficient (Wildman–Crippen LogP) is 4.39. The number of morpholine rings is 1. The number of amides is 2. The molecule has 8 heteroatoms. The molecule has 0 aliphatic carbocycles. The smallest absolute Gasteiger partial charge is 0.289 e. The van der Waals surface area contributed by atoms with E-state index in [0.29, 0.717) is 35.9 Å². The quantitative estimate of drug-likeness (QED) is 0.499. The first kappa shape index (κ1) is 20.7. The van der Waals surface area contributed by atoms with Gasteiger partial charge in [0.05, 0.1) is 13.2 Å². The first-order valence-electron chi connectivity index (χ1n) is 10.6. The van der Waals surface area contributed by atoms with Gasteiger partial charge in [0, 0.05) is 35.1 Å². The number of carbonyl (C=O) groups excluding carboxylic acids is 2. The molecule has 0 unspecified atom stereocenters. The normalized spacial score (nSPS) is 16.7. The van der Waals surface area contributed by atoms with Crippen molar-refractivity contribution in [3.63, 3.8) is 0 Å². The number of furan rings is 1. The zero-order chi connectivity index (χ0) is 22.2. The van der Waals surface area contributed by atoms with Crippen LogP contribution in [0.3, 0.4) is 0 Å². The van der Waals surface area contributed by atoms with Gasteiger partial charge < -0.3 is 19.4 Å². The second-order valence-corrected chi connectivity index (χ2v) is 9.09. The average Bonchev–Trinajstić information content (AvgIpc) is 3.40. The van der Waals surface area contributed by atoms with Gasteiger partial charge in [-0.05, 0) is 32.0 Å². The molecular formula is C24H23N3O4S. The van der Waals surface area contributed by atoms with Gasteiger partial charge in [0.15, 0.2) is 5.76 Å². The van der Waals surface area contributed by atoms with E-state index >= 15 is 0 Å². The molecule has 1 aromatic carbocycles. The van der Waals surface area contributed by atoms with Crippen molar-refractivity contribution in [2.24, 2.45) is 0 Å². The third-order valence-electron chi connectivity index (χ3n) is 5.44. The van der Waals surface area contributed by atoms with E-state index in [9.17, 15) is 9.59 Å². The van der Waals surface area contributed by atoms with Crippen molar-refractivity contribution in [3.05, 3.63) is 64.9 Å². The highest BCUT2D eigenvalue weighted by Crippen LogP contribution is 2.37. The van der Waals surface area contributed by atoms with E-state index in [1.54, 1.807) is 17.2 Å². The van der Waals surface area contributed by atoms with E-state index in [2.05, 4.69) is 10.3 Å². The van der Waals surface area contributed by atoms with Gasteiger partial charge in [-0.25, -0.2) is 4.98 Å². The molecule has 1 aliphatic heterocycles. The van der Waals surface area contributed by atoms with Crippen LogP contribution in [0.15, 0.2) is 53.1 Å². The number of thiophene rings is 1. The average molecular weight is 450 g/mol. The van der Waals surface area contributed by atoms with Gasteiger partial charge in [-0.2, -0.15) is 0 Å². The molecule has 2 amide bonds. The number of nitrogens with zero attached hydrogens (tertiary/aromatic N) is 2. The van der Waals surface area contributed by atoms with Crippen molar-refractivity contribution >= 4 is 44.3 Å². The predicted molar refractivity (Wildman–Crippen MR) is 123 cm³/mol. The number of benzene rings is 1. The Morgan fingerprint density at radius 1 is 1.22 bits per heavy atom. The topological polar surface area (TPSA) is 84.7 Å². The number of pyridine rings is 1. The molecule has 1 atom stereocenters. The van der Waals surface area contributed by atoms with Gasteiger partial charge in [0.1, 0.15) is 21.4 Å². The number of fused-ring (bicyclic) bond motifs is 2. The largest absolute Gasteiger partial charge is 0.451 e. The lowest BCUT2D eigenvalue weighted by atomic mass is 10.0. The molecule has 1 N–H and O–H groups in total. The molecule has 4 heterocycles. The van der Waals surface area contributed by atoms with E-state index < -0.39 is 6.10 Å². The molecule has 4 aromatic rings. The van der Waals surface area contributed by atoms with Crippen molar-refractivity contribution in [3.8, 4) is 0 Å². The van der Waals surface area contributed by atoms with Crippen LogP contribution in [0.1, 0.15) is 45.7 Å². The minimum Gasteiger partial charge on any atom is -0.451 e. The highest BCUT2D eigenvalue weighted by atomic mass is 32.1. The highest BCUT2D eigenvalue weighted by Gasteiger charge is 2.33. The fourth-order valence-corrected chi connectivity index (χ4v) is 5.12. The molecule has 3 aromatic heterocycles. The highest BCUT2D eigenvalue weighted by molar-refractivity contribution is 7.20. The maximum atomic E-state index is 13.2.